The summed E-state index contributed by atoms with van der Waals surface area (Å²) >= 11 is 5.92. The molecule has 0 atom stereocenters. The minimum absolute atomic E-state index is 0.121. The Morgan fingerprint density at radius 3 is 2.70 bits per heavy atom. The second-order valence-electron chi connectivity index (χ2n) is 5.81. The summed E-state index contributed by atoms with van der Waals surface area (Å²) in [6.07, 6.45) is 1.81. The van der Waals surface area contributed by atoms with E-state index in [1.165, 1.54) is 24.3 Å². The van der Waals surface area contributed by atoms with E-state index in [0.29, 0.717) is 22.8 Å². The molecule has 0 aliphatic carbocycles. The Bertz CT molecular complexity index is 804. The molecule has 2 rings (SSSR count). The molecule has 0 fully saturated rings. The minimum atomic E-state index is -0.395. The Hall–Kier alpha value is -2.80. The number of likely N-dealkylation sites (N-methyl/N-ethyl adjacent to an activating group) is 1. The lowest BCUT2D eigenvalue weighted by molar-refractivity contribution is -0.136. The molecule has 0 aliphatic heterocycles. The van der Waals surface area contributed by atoms with Gasteiger partial charge in [0.05, 0.1) is 24.9 Å². The van der Waals surface area contributed by atoms with Crippen molar-refractivity contribution in [1.82, 2.24) is 10.2 Å². The SMILES string of the molecule is CCC(=O)c1cc(Cl)ccc1OCC(=O)N(C)CC(=O)NCc1ccco1. The number of benzene rings is 1. The largest absolute Gasteiger partial charge is 0.483 e. The van der Waals surface area contributed by atoms with Crippen LogP contribution in [0.25, 0.3) is 0 Å². The number of Topliss-reactive ketones (excluding diaryl/α,β-unsaturated/α-hetero) is 1. The molecule has 1 heterocycles. The predicted octanol–water partition coefficient (Wildman–Crippen LogP) is 2.68. The van der Waals surface area contributed by atoms with Crippen LogP contribution in [0.4, 0.5) is 0 Å². The zero-order valence-electron chi connectivity index (χ0n) is 15.2. The van der Waals surface area contributed by atoms with Crippen LogP contribution in [0.2, 0.25) is 5.02 Å². The van der Waals surface area contributed by atoms with Crippen LogP contribution in [0.5, 0.6) is 5.75 Å². The Morgan fingerprint density at radius 2 is 2.04 bits per heavy atom. The molecular formula is C19H21ClN2O5. The van der Waals surface area contributed by atoms with Gasteiger partial charge >= 0.3 is 0 Å². The minimum Gasteiger partial charge on any atom is -0.483 e. The molecule has 0 spiro atoms. The van der Waals surface area contributed by atoms with Gasteiger partial charge in [0.15, 0.2) is 12.4 Å². The van der Waals surface area contributed by atoms with E-state index in [2.05, 4.69) is 5.32 Å². The third kappa shape index (κ3) is 6.14. The Morgan fingerprint density at radius 1 is 1.26 bits per heavy atom. The first-order valence-electron chi connectivity index (χ1n) is 8.39. The van der Waals surface area contributed by atoms with Crippen LogP contribution < -0.4 is 10.1 Å². The number of nitrogens with one attached hydrogen (secondary N) is 1. The number of halogens is 1. The molecule has 0 saturated heterocycles. The van der Waals surface area contributed by atoms with Crippen molar-refractivity contribution in [3.8, 4) is 5.75 Å². The van der Waals surface area contributed by atoms with E-state index in [1.807, 2.05) is 0 Å². The number of rotatable bonds is 9. The van der Waals surface area contributed by atoms with Crippen molar-refractivity contribution in [2.24, 2.45) is 0 Å². The fourth-order valence-electron chi connectivity index (χ4n) is 2.24. The van der Waals surface area contributed by atoms with E-state index < -0.39 is 5.91 Å². The number of ketones is 1. The molecule has 1 aromatic carbocycles. The number of nitrogens with zero attached hydrogens (tertiary/aromatic N) is 1. The second-order valence-corrected chi connectivity index (χ2v) is 6.25. The number of hydrogen-bond acceptors (Lipinski definition) is 5. The monoisotopic (exact) mass is 392 g/mol. The van der Waals surface area contributed by atoms with E-state index in [-0.39, 0.29) is 37.1 Å². The van der Waals surface area contributed by atoms with Crippen LogP contribution in [0.15, 0.2) is 41.0 Å². The smallest absolute Gasteiger partial charge is 0.260 e. The van der Waals surface area contributed by atoms with Crippen molar-refractivity contribution in [1.29, 1.82) is 0 Å². The number of hydrogen-bond donors (Lipinski definition) is 1. The molecule has 144 valence electrons. The number of carbonyl (C=O) groups is 3. The van der Waals surface area contributed by atoms with Crippen molar-refractivity contribution in [2.45, 2.75) is 19.9 Å². The molecular weight excluding hydrogens is 372 g/mol. The number of amides is 2. The van der Waals surface area contributed by atoms with Gasteiger partial charge in [-0.2, -0.15) is 0 Å². The zero-order chi connectivity index (χ0) is 19.8. The third-order valence-corrected chi connectivity index (χ3v) is 4.00. The van der Waals surface area contributed by atoms with Crippen molar-refractivity contribution < 1.29 is 23.5 Å². The van der Waals surface area contributed by atoms with Gasteiger partial charge in [-0.05, 0) is 30.3 Å². The molecule has 7 nitrogen and oxygen atoms in total. The standard InChI is InChI=1S/C19H21ClN2O5/c1-3-16(23)15-9-13(20)6-7-17(15)27-12-19(25)22(2)11-18(24)21-10-14-5-4-8-26-14/h4-9H,3,10-12H2,1-2H3,(H,21,24). The van der Waals surface area contributed by atoms with Gasteiger partial charge in [0.25, 0.3) is 5.91 Å². The van der Waals surface area contributed by atoms with E-state index in [1.54, 1.807) is 31.2 Å². The highest BCUT2D eigenvalue weighted by Crippen LogP contribution is 2.24. The zero-order valence-corrected chi connectivity index (χ0v) is 15.9. The van der Waals surface area contributed by atoms with Gasteiger partial charge in [-0.1, -0.05) is 18.5 Å². The first-order valence-corrected chi connectivity index (χ1v) is 8.77. The van der Waals surface area contributed by atoms with Gasteiger partial charge in [0, 0.05) is 18.5 Å². The summed E-state index contributed by atoms with van der Waals surface area (Å²) < 4.78 is 10.6. The van der Waals surface area contributed by atoms with Gasteiger partial charge in [0.2, 0.25) is 5.91 Å². The molecule has 1 aromatic heterocycles. The van der Waals surface area contributed by atoms with Crippen molar-refractivity contribution in [3.63, 3.8) is 0 Å². The highest BCUT2D eigenvalue weighted by molar-refractivity contribution is 6.31. The molecule has 2 amide bonds. The van der Waals surface area contributed by atoms with E-state index >= 15 is 0 Å². The molecule has 0 unspecified atom stereocenters. The van der Waals surface area contributed by atoms with E-state index in [0.717, 1.165) is 0 Å². The lowest BCUT2D eigenvalue weighted by Crippen LogP contribution is -2.40. The summed E-state index contributed by atoms with van der Waals surface area (Å²) in [6, 6.07) is 8.11. The summed E-state index contributed by atoms with van der Waals surface area (Å²) in [5.41, 5.74) is 0.330. The highest BCUT2D eigenvalue weighted by atomic mass is 35.5. The van der Waals surface area contributed by atoms with Crippen molar-refractivity contribution in [2.75, 3.05) is 20.2 Å². The van der Waals surface area contributed by atoms with E-state index in [4.69, 9.17) is 20.8 Å². The lowest BCUT2D eigenvalue weighted by Gasteiger charge is -2.17. The summed E-state index contributed by atoms with van der Waals surface area (Å²) in [6.45, 7) is 1.56. The number of furan rings is 1. The van der Waals surface area contributed by atoms with Gasteiger partial charge < -0.3 is 19.4 Å². The van der Waals surface area contributed by atoms with Gasteiger partial charge in [-0.25, -0.2) is 0 Å². The summed E-state index contributed by atoms with van der Waals surface area (Å²) in [5.74, 6) is 0.0565. The van der Waals surface area contributed by atoms with Crippen LogP contribution in [0, 0.1) is 0 Å². The average molecular weight is 393 g/mol. The Balaban J connectivity index is 1.86. The van der Waals surface area contributed by atoms with Crippen LogP contribution >= 0.6 is 11.6 Å². The molecule has 0 radical (unpaired) electrons. The van der Waals surface area contributed by atoms with Gasteiger partial charge in [0.1, 0.15) is 11.5 Å². The molecule has 27 heavy (non-hydrogen) atoms. The maximum atomic E-state index is 12.2. The van der Waals surface area contributed by atoms with Crippen LogP contribution in [0.3, 0.4) is 0 Å². The molecule has 0 saturated carbocycles. The Kier molecular flexibility index (Phi) is 7.43. The molecule has 2 aromatic rings. The molecule has 0 aliphatic rings. The predicted molar refractivity (Wildman–Crippen MR) is 99.8 cm³/mol. The van der Waals surface area contributed by atoms with E-state index in [9.17, 15) is 14.4 Å². The van der Waals surface area contributed by atoms with Crippen molar-refractivity contribution in [3.05, 3.63) is 52.9 Å². The summed E-state index contributed by atoms with van der Waals surface area (Å²) in [5, 5.41) is 3.07. The van der Waals surface area contributed by atoms with Crippen LogP contribution in [-0.2, 0) is 16.1 Å². The fraction of sp³-hybridized carbons (Fsp3) is 0.316. The average Bonchev–Trinajstić information content (AvgIpc) is 3.18. The maximum absolute atomic E-state index is 12.2. The summed E-state index contributed by atoms with van der Waals surface area (Å²) in [7, 11) is 1.50. The normalized spacial score (nSPS) is 10.3. The fourth-order valence-corrected chi connectivity index (χ4v) is 2.42. The number of carbonyl (C=O) groups excluding carboxylic acids is 3. The number of ether oxygens (including phenoxy) is 1. The van der Waals surface area contributed by atoms with Gasteiger partial charge in [-0.3, -0.25) is 14.4 Å². The lowest BCUT2D eigenvalue weighted by atomic mass is 10.1. The van der Waals surface area contributed by atoms with Crippen LogP contribution in [0.1, 0.15) is 29.5 Å². The third-order valence-electron chi connectivity index (χ3n) is 3.76. The maximum Gasteiger partial charge on any atom is 0.260 e. The second kappa shape index (κ2) is 9.78. The Labute approximate surface area is 162 Å². The first-order chi connectivity index (χ1) is 12.9. The van der Waals surface area contributed by atoms with Crippen LogP contribution in [-0.4, -0.2) is 42.7 Å². The van der Waals surface area contributed by atoms with Crippen molar-refractivity contribution >= 4 is 29.2 Å². The highest BCUT2D eigenvalue weighted by Gasteiger charge is 2.16. The topological polar surface area (TPSA) is 88.9 Å². The molecule has 0 bridgehead atoms. The quantitative estimate of drug-likeness (QED) is 0.663. The van der Waals surface area contributed by atoms with Gasteiger partial charge in [-0.15, -0.1) is 0 Å². The summed E-state index contributed by atoms with van der Waals surface area (Å²) in [4.78, 5) is 37.3. The first kappa shape index (κ1) is 20.5. The molecule has 1 N–H and O–H groups in total. The molecule has 8 heteroatoms.